The molecule has 5 heteroatoms. The highest BCUT2D eigenvalue weighted by Crippen LogP contribution is 2.28. The first kappa shape index (κ1) is 15.9. The fraction of sp³-hybridized carbons (Fsp3) is 0.769. The van der Waals surface area contributed by atoms with Crippen LogP contribution in [-0.4, -0.2) is 28.3 Å². The maximum Gasteiger partial charge on any atom is 0.0834 e. The zero-order valence-electron chi connectivity index (χ0n) is 11.9. The van der Waals surface area contributed by atoms with Crippen molar-refractivity contribution in [3.63, 3.8) is 0 Å². The highest BCUT2D eigenvalue weighted by Gasteiger charge is 2.20. The summed E-state index contributed by atoms with van der Waals surface area (Å²) in [5.41, 5.74) is 1.10. The fourth-order valence-corrected chi connectivity index (χ4v) is 3.24. The zero-order chi connectivity index (χ0) is 13.7. The second-order valence-corrected chi connectivity index (χ2v) is 6.67. The summed E-state index contributed by atoms with van der Waals surface area (Å²) >= 11 is 8.23. The fourth-order valence-electron chi connectivity index (χ4n) is 1.81. The lowest BCUT2D eigenvalue weighted by Gasteiger charge is -2.20. The predicted molar refractivity (Wildman–Crippen MR) is 81.6 cm³/mol. The molecule has 0 radical (unpaired) electrons. The third-order valence-electron chi connectivity index (χ3n) is 2.69. The van der Waals surface area contributed by atoms with E-state index in [1.807, 2.05) is 23.5 Å². The van der Waals surface area contributed by atoms with E-state index in [9.17, 15) is 0 Å². The third kappa shape index (κ3) is 4.18. The van der Waals surface area contributed by atoms with Crippen LogP contribution in [0, 0.1) is 5.92 Å². The number of thioether (sulfide) groups is 1. The molecule has 0 amide bonds. The van der Waals surface area contributed by atoms with E-state index in [0.717, 1.165) is 22.4 Å². The molecule has 0 saturated carbocycles. The Morgan fingerprint density at radius 1 is 1.33 bits per heavy atom. The molecule has 0 aromatic carbocycles. The van der Waals surface area contributed by atoms with Gasteiger partial charge in [0.2, 0.25) is 0 Å². The summed E-state index contributed by atoms with van der Waals surface area (Å²) in [5, 5.41) is 8.47. The van der Waals surface area contributed by atoms with Gasteiger partial charge in [0.05, 0.1) is 23.0 Å². The molecule has 0 spiro atoms. The monoisotopic (exact) mass is 289 g/mol. The van der Waals surface area contributed by atoms with Crippen LogP contribution in [0.15, 0.2) is 6.20 Å². The van der Waals surface area contributed by atoms with Crippen molar-refractivity contribution in [2.45, 2.75) is 39.8 Å². The van der Waals surface area contributed by atoms with E-state index < -0.39 is 0 Å². The Morgan fingerprint density at radius 3 is 2.50 bits per heavy atom. The van der Waals surface area contributed by atoms with Gasteiger partial charge >= 0.3 is 0 Å². The van der Waals surface area contributed by atoms with Crippen molar-refractivity contribution in [2.24, 2.45) is 5.92 Å². The molecule has 3 nitrogen and oxygen atoms in total. The van der Waals surface area contributed by atoms with Crippen LogP contribution >= 0.6 is 23.4 Å². The van der Waals surface area contributed by atoms with Crippen LogP contribution in [0.25, 0.3) is 0 Å². The maximum atomic E-state index is 6.27. The van der Waals surface area contributed by atoms with Crippen molar-refractivity contribution < 1.29 is 0 Å². The second kappa shape index (κ2) is 7.41. The Bertz CT molecular complexity index is 363. The van der Waals surface area contributed by atoms with Crippen LogP contribution in [0.5, 0.6) is 0 Å². The summed E-state index contributed by atoms with van der Waals surface area (Å²) in [6.45, 7) is 8.74. The van der Waals surface area contributed by atoms with Gasteiger partial charge in [-0.1, -0.05) is 25.4 Å². The number of rotatable bonds is 7. The van der Waals surface area contributed by atoms with Crippen molar-refractivity contribution in [1.82, 2.24) is 15.1 Å². The second-order valence-electron chi connectivity index (χ2n) is 5.19. The van der Waals surface area contributed by atoms with Gasteiger partial charge in [-0.3, -0.25) is 4.68 Å². The Hall–Kier alpha value is -0.190. The molecular weight excluding hydrogens is 266 g/mol. The quantitative estimate of drug-likeness (QED) is 0.829. The van der Waals surface area contributed by atoms with Crippen LogP contribution in [-0.2, 0) is 0 Å². The minimum atomic E-state index is 0.256. The number of nitrogens with zero attached hydrogens (tertiary/aromatic N) is 2. The van der Waals surface area contributed by atoms with Gasteiger partial charge in [-0.05, 0) is 32.6 Å². The zero-order valence-corrected chi connectivity index (χ0v) is 13.5. The van der Waals surface area contributed by atoms with E-state index in [-0.39, 0.29) is 6.04 Å². The molecule has 1 aromatic rings. The SMILES string of the molecule is CNC(CSCC(C)C)c1c(Cl)cnn1C(C)C. The Kier molecular flexibility index (Phi) is 6.53. The van der Waals surface area contributed by atoms with E-state index in [0.29, 0.717) is 6.04 Å². The molecule has 0 saturated heterocycles. The summed E-state index contributed by atoms with van der Waals surface area (Å²) in [6.07, 6.45) is 1.74. The van der Waals surface area contributed by atoms with Crippen molar-refractivity contribution in [2.75, 3.05) is 18.6 Å². The molecule has 1 atom stereocenters. The van der Waals surface area contributed by atoms with E-state index >= 15 is 0 Å². The topological polar surface area (TPSA) is 29.9 Å². The average Bonchev–Trinajstić information content (AvgIpc) is 2.66. The van der Waals surface area contributed by atoms with Crippen LogP contribution in [0.1, 0.15) is 45.5 Å². The van der Waals surface area contributed by atoms with Gasteiger partial charge < -0.3 is 5.32 Å². The molecule has 1 unspecified atom stereocenters. The largest absolute Gasteiger partial charge is 0.311 e. The van der Waals surface area contributed by atoms with E-state index in [1.54, 1.807) is 6.20 Å². The third-order valence-corrected chi connectivity index (χ3v) is 4.45. The first-order chi connectivity index (χ1) is 8.47. The van der Waals surface area contributed by atoms with Gasteiger partial charge in [0.1, 0.15) is 0 Å². The van der Waals surface area contributed by atoms with Gasteiger partial charge in [0.15, 0.2) is 0 Å². The summed E-state index contributed by atoms with van der Waals surface area (Å²) < 4.78 is 2.01. The van der Waals surface area contributed by atoms with Crippen LogP contribution in [0.2, 0.25) is 5.02 Å². The molecule has 1 N–H and O–H groups in total. The summed E-state index contributed by atoms with van der Waals surface area (Å²) in [5.74, 6) is 2.91. The van der Waals surface area contributed by atoms with Gasteiger partial charge in [-0.25, -0.2) is 0 Å². The van der Waals surface area contributed by atoms with Gasteiger partial charge in [-0.2, -0.15) is 16.9 Å². The molecule has 0 bridgehead atoms. The molecule has 1 aromatic heterocycles. The highest BCUT2D eigenvalue weighted by atomic mass is 35.5. The van der Waals surface area contributed by atoms with E-state index in [2.05, 4.69) is 38.1 Å². The molecular formula is C13H24ClN3S. The lowest BCUT2D eigenvalue weighted by Crippen LogP contribution is -2.24. The van der Waals surface area contributed by atoms with Crippen molar-refractivity contribution >= 4 is 23.4 Å². The van der Waals surface area contributed by atoms with Crippen LogP contribution in [0.4, 0.5) is 0 Å². The Labute approximate surface area is 120 Å². The number of nitrogens with one attached hydrogen (secondary N) is 1. The highest BCUT2D eigenvalue weighted by molar-refractivity contribution is 7.99. The lowest BCUT2D eigenvalue weighted by molar-refractivity contribution is 0.477. The molecule has 0 fully saturated rings. The minimum Gasteiger partial charge on any atom is -0.311 e. The van der Waals surface area contributed by atoms with Crippen molar-refractivity contribution in [3.8, 4) is 0 Å². The standard InChI is InChI=1S/C13H24ClN3S/c1-9(2)7-18-8-12(15-5)13-11(14)6-16-17(13)10(3)4/h6,9-10,12,15H,7-8H2,1-5H3. The number of halogens is 1. The minimum absolute atomic E-state index is 0.256. The van der Waals surface area contributed by atoms with Crippen LogP contribution in [0.3, 0.4) is 0 Å². The molecule has 0 aliphatic heterocycles. The summed E-state index contributed by atoms with van der Waals surface area (Å²) in [7, 11) is 1.98. The van der Waals surface area contributed by atoms with E-state index in [1.165, 1.54) is 5.75 Å². The Morgan fingerprint density at radius 2 is 2.00 bits per heavy atom. The molecule has 0 aliphatic rings. The van der Waals surface area contributed by atoms with Gasteiger partial charge in [0, 0.05) is 11.8 Å². The molecule has 1 heterocycles. The summed E-state index contributed by atoms with van der Waals surface area (Å²) in [4.78, 5) is 0. The van der Waals surface area contributed by atoms with Crippen LogP contribution < -0.4 is 5.32 Å². The molecule has 18 heavy (non-hydrogen) atoms. The smallest absolute Gasteiger partial charge is 0.0834 e. The lowest BCUT2D eigenvalue weighted by atomic mass is 10.2. The molecule has 104 valence electrons. The normalized spacial score (nSPS) is 13.6. The number of hydrogen-bond acceptors (Lipinski definition) is 3. The van der Waals surface area contributed by atoms with Crippen molar-refractivity contribution in [3.05, 3.63) is 16.9 Å². The first-order valence-corrected chi connectivity index (χ1v) is 7.98. The Balaban J connectivity index is 2.78. The average molecular weight is 290 g/mol. The number of hydrogen-bond donors (Lipinski definition) is 1. The van der Waals surface area contributed by atoms with E-state index in [4.69, 9.17) is 11.6 Å². The number of aromatic nitrogens is 2. The molecule has 0 aliphatic carbocycles. The van der Waals surface area contributed by atoms with Crippen molar-refractivity contribution in [1.29, 1.82) is 0 Å². The molecule has 1 rings (SSSR count). The maximum absolute atomic E-state index is 6.27. The van der Waals surface area contributed by atoms with Gasteiger partial charge in [-0.15, -0.1) is 0 Å². The van der Waals surface area contributed by atoms with Gasteiger partial charge in [0.25, 0.3) is 0 Å². The first-order valence-electron chi connectivity index (χ1n) is 6.45. The predicted octanol–water partition coefficient (Wildman–Crippen LogP) is 3.77. The summed E-state index contributed by atoms with van der Waals surface area (Å²) in [6, 6.07) is 0.588.